The average Bonchev–Trinajstić information content (AvgIpc) is 2.55. The van der Waals surface area contributed by atoms with Gasteiger partial charge in [-0.3, -0.25) is 9.47 Å². The second-order valence-electron chi connectivity index (χ2n) is 7.07. The van der Waals surface area contributed by atoms with Gasteiger partial charge in [0.1, 0.15) is 5.82 Å². The average molecular weight is 325 g/mol. The van der Waals surface area contributed by atoms with E-state index in [4.69, 9.17) is 5.73 Å². The van der Waals surface area contributed by atoms with Crippen molar-refractivity contribution >= 4 is 5.82 Å². The third-order valence-electron chi connectivity index (χ3n) is 5.23. The molecule has 0 aliphatic carbocycles. The van der Waals surface area contributed by atoms with Crippen molar-refractivity contribution in [2.75, 3.05) is 31.9 Å². The number of hydrogen-bond acceptors (Lipinski definition) is 5. The van der Waals surface area contributed by atoms with E-state index in [0.29, 0.717) is 5.41 Å². The summed E-state index contributed by atoms with van der Waals surface area (Å²) >= 11 is 0. The minimum Gasteiger partial charge on any atom is -0.383 e. The minimum atomic E-state index is -0.349. The Labute approximate surface area is 141 Å². The standard InChI is InChI=1S/C18H23N5O/c19-16-5-10-23(17(24)21-16)15-3-1-14(2-4-15)11-22-12-18(13-22)6-8-20-9-7-18/h1-5,10,20H,6-9,11-13H2,(H2,19,21,24). The van der Waals surface area contributed by atoms with E-state index in [1.54, 1.807) is 12.3 Å². The molecule has 6 nitrogen and oxygen atoms in total. The van der Waals surface area contributed by atoms with Crippen molar-refractivity contribution in [3.05, 3.63) is 52.6 Å². The topological polar surface area (TPSA) is 76.2 Å². The van der Waals surface area contributed by atoms with Gasteiger partial charge in [-0.1, -0.05) is 12.1 Å². The van der Waals surface area contributed by atoms with Crippen LogP contribution in [-0.2, 0) is 6.54 Å². The van der Waals surface area contributed by atoms with Crippen LogP contribution < -0.4 is 16.7 Å². The van der Waals surface area contributed by atoms with Crippen molar-refractivity contribution < 1.29 is 0 Å². The zero-order valence-corrected chi connectivity index (χ0v) is 13.7. The number of aromatic nitrogens is 2. The summed E-state index contributed by atoms with van der Waals surface area (Å²) in [6, 6.07) is 9.74. The maximum absolute atomic E-state index is 11.9. The summed E-state index contributed by atoms with van der Waals surface area (Å²) in [6.45, 7) is 5.71. The van der Waals surface area contributed by atoms with Gasteiger partial charge in [0.25, 0.3) is 0 Å². The van der Waals surface area contributed by atoms with E-state index in [-0.39, 0.29) is 11.5 Å². The molecule has 2 fully saturated rings. The van der Waals surface area contributed by atoms with Gasteiger partial charge >= 0.3 is 5.69 Å². The van der Waals surface area contributed by atoms with Crippen LogP contribution >= 0.6 is 0 Å². The second-order valence-corrected chi connectivity index (χ2v) is 7.07. The van der Waals surface area contributed by atoms with Gasteiger partial charge in [0, 0.05) is 25.8 Å². The highest BCUT2D eigenvalue weighted by molar-refractivity contribution is 5.36. The number of piperidine rings is 1. The summed E-state index contributed by atoms with van der Waals surface area (Å²) in [7, 11) is 0. The number of likely N-dealkylation sites (tertiary alicyclic amines) is 1. The molecule has 0 unspecified atom stereocenters. The lowest BCUT2D eigenvalue weighted by atomic mass is 9.72. The molecule has 3 heterocycles. The molecule has 0 radical (unpaired) electrons. The van der Waals surface area contributed by atoms with Crippen molar-refractivity contribution in [2.24, 2.45) is 5.41 Å². The highest BCUT2D eigenvalue weighted by Gasteiger charge is 2.42. The predicted molar refractivity (Wildman–Crippen MR) is 94.1 cm³/mol. The number of nitrogens with one attached hydrogen (secondary N) is 1. The van der Waals surface area contributed by atoms with E-state index in [0.717, 1.165) is 25.3 Å². The van der Waals surface area contributed by atoms with Crippen molar-refractivity contribution in [2.45, 2.75) is 19.4 Å². The smallest absolute Gasteiger partial charge is 0.354 e. The van der Waals surface area contributed by atoms with Crippen LogP contribution in [0.2, 0.25) is 0 Å². The molecule has 1 spiro atoms. The first-order valence-corrected chi connectivity index (χ1v) is 8.51. The molecule has 1 aromatic carbocycles. The molecule has 24 heavy (non-hydrogen) atoms. The van der Waals surface area contributed by atoms with E-state index in [9.17, 15) is 4.79 Å². The van der Waals surface area contributed by atoms with Crippen LogP contribution in [0.15, 0.2) is 41.3 Å². The molecule has 0 bridgehead atoms. The third-order valence-corrected chi connectivity index (χ3v) is 5.23. The fourth-order valence-corrected chi connectivity index (χ4v) is 3.92. The molecule has 0 amide bonds. The van der Waals surface area contributed by atoms with Gasteiger partial charge in [-0.15, -0.1) is 0 Å². The molecular weight excluding hydrogens is 302 g/mol. The number of nitrogens with two attached hydrogens (primary N) is 1. The molecule has 2 aliphatic heterocycles. The SMILES string of the molecule is Nc1ccn(-c2ccc(CN3CC4(CCNCC4)C3)cc2)c(=O)n1. The minimum absolute atomic E-state index is 0.248. The van der Waals surface area contributed by atoms with Crippen molar-refractivity contribution in [3.63, 3.8) is 0 Å². The van der Waals surface area contributed by atoms with Gasteiger partial charge in [-0.2, -0.15) is 4.98 Å². The maximum atomic E-state index is 11.9. The zero-order chi connectivity index (χ0) is 16.6. The molecule has 2 aliphatic rings. The lowest BCUT2D eigenvalue weighted by Crippen LogP contribution is -2.59. The monoisotopic (exact) mass is 325 g/mol. The van der Waals surface area contributed by atoms with Crippen LogP contribution in [0.3, 0.4) is 0 Å². The summed E-state index contributed by atoms with van der Waals surface area (Å²) in [6.07, 6.45) is 4.26. The Hall–Kier alpha value is -2.18. The van der Waals surface area contributed by atoms with E-state index in [1.807, 2.05) is 12.1 Å². The lowest BCUT2D eigenvalue weighted by Gasteiger charge is -2.52. The summed E-state index contributed by atoms with van der Waals surface area (Å²) in [5, 5.41) is 3.44. The second kappa shape index (κ2) is 6.03. The van der Waals surface area contributed by atoms with E-state index in [1.165, 1.54) is 36.1 Å². The van der Waals surface area contributed by atoms with E-state index in [2.05, 4.69) is 27.3 Å². The van der Waals surface area contributed by atoms with Crippen molar-refractivity contribution in [3.8, 4) is 5.69 Å². The van der Waals surface area contributed by atoms with E-state index < -0.39 is 0 Å². The predicted octanol–water partition coefficient (Wildman–Crippen LogP) is 1.00. The fraction of sp³-hybridized carbons (Fsp3) is 0.444. The molecule has 0 atom stereocenters. The number of anilines is 1. The molecule has 3 N–H and O–H groups in total. The zero-order valence-electron chi connectivity index (χ0n) is 13.7. The van der Waals surface area contributed by atoms with Crippen LogP contribution in [0.1, 0.15) is 18.4 Å². The first kappa shape index (κ1) is 15.4. The molecule has 2 saturated heterocycles. The highest BCUT2D eigenvalue weighted by atomic mass is 16.1. The van der Waals surface area contributed by atoms with Gasteiger partial charge in [0.2, 0.25) is 0 Å². The fourth-order valence-electron chi connectivity index (χ4n) is 3.92. The largest absolute Gasteiger partial charge is 0.383 e. The number of nitrogens with zero attached hydrogens (tertiary/aromatic N) is 3. The van der Waals surface area contributed by atoms with Gasteiger partial charge in [0.05, 0.1) is 5.69 Å². The summed E-state index contributed by atoms with van der Waals surface area (Å²) in [5.41, 5.74) is 7.84. The first-order valence-electron chi connectivity index (χ1n) is 8.51. The Morgan fingerprint density at radius 1 is 1.12 bits per heavy atom. The van der Waals surface area contributed by atoms with Crippen LogP contribution in [0.25, 0.3) is 5.69 Å². The van der Waals surface area contributed by atoms with E-state index >= 15 is 0 Å². The van der Waals surface area contributed by atoms with Crippen LogP contribution in [0, 0.1) is 5.41 Å². The van der Waals surface area contributed by atoms with Gasteiger partial charge in [-0.05, 0) is 55.1 Å². The summed E-state index contributed by atoms with van der Waals surface area (Å²) < 4.78 is 1.51. The number of nitrogen functional groups attached to an aromatic ring is 1. The van der Waals surface area contributed by atoms with Crippen LogP contribution in [0.4, 0.5) is 5.82 Å². The van der Waals surface area contributed by atoms with Crippen LogP contribution in [-0.4, -0.2) is 40.6 Å². The Kier molecular flexibility index (Phi) is 3.86. The Balaban J connectivity index is 1.41. The third kappa shape index (κ3) is 2.95. The van der Waals surface area contributed by atoms with Crippen molar-refractivity contribution in [1.29, 1.82) is 0 Å². The summed E-state index contributed by atoms with van der Waals surface area (Å²) in [4.78, 5) is 18.2. The molecule has 1 aromatic heterocycles. The molecule has 6 heteroatoms. The molecule has 4 rings (SSSR count). The molecule has 126 valence electrons. The normalized spacial score (nSPS) is 20.0. The molecule has 2 aromatic rings. The number of rotatable bonds is 3. The Morgan fingerprint density at radius 3 is 2.50 bits per heavy atom. The Morgan fingerprint density at radius 2 is 1.83 bits per heavy atom. The lowest BCUT2D eigenvalue weighted by molar-refractivity contribution is -0.0282. The highest BCUT2D eigenvalue weighted by Crippen LogP contribution is 2.39. The maximum Gasteiger partial charge on any atom is 0.354 e. The summed E-state index contributed by atoms with van der Waals surface area (Å²) in [5.74, 6) is 0.248. The number of benzene rings is 1. The van der Waals surface area contributed by atoms with Gasteiger partial charge < -0.3 is 11.1 Å². The Bertz CT molecular complexity index is 769. The van der Waals surface area contributed by atoms with Gasteiger partial charge in [0.15, 0.2) is 0 Å². The van der Waals surface area contributed by atoms with Crippen LogP contribution in [0.5, 0.6) is 0 Å². The molecule has 0 saturated carbocycles. The quantitative estimate of drug-likeness (QED) is 0.880. The molecular formula is C18H23N5O. The first-order chi connectivity index (χ1) is 11.6. The van der Waals surface area contributed by atoms with Gasteiger partial charge in [-0.25, -0.2) is 4.79 Å². The number of hydrogen-bond donors (Lipinski definition) is 2. The van der Waals surface area contributed by atoms with Crippen molar-refractivity contribution in [1.82, 2.24) is 19.8 Å².